The molecule has 2 N–H and O–H groups in total. The normalized spacial score (nSPS) is 11.1. The zero-order chi connectivity index (χ0) is 14.0. The predicted octanol–water partition coefficient (Wildman–Crippen LogP) is 0.442. The first-order valence-corrected chi connectivity index (χ1v) is 5.34. The van der Waals surface area contributed by atoms with Crippen LogP contribution < -0.4 is 0 Å². The van der Waals surface area contributed by atoms with E-state index in [1.165, 1.54) is 6.08 Å². The molecule has 0 radical (unpaired) electrons. The lowest BCUT2D eigenvalue weighted by Crippen LogP contribution is -2.16. The maximum Gasteiger partial charge on any atom is 0.341 e. The Labute approximate surface area is 104 Å². The van der Waals surface area contributed by atoms with Gasteiger partial charge in [0, 0.05) is 12.2 Å². The lowest BCUT2D eigenvalue weighted by Gasteiger charge is -2.05. The molecule has 0 fully saturated rings. The second-order valence-electron chi connectivity index (χ2n) is 3.26. The molecule has 0 spiro atoms. The summed E-state index contributed by atoms with van der Waals surface area (Å²) < 4.78 is 9.44. The van der Waals surface area contributed by atoms with Gasteiger partial charge in [-0.25, -0.2) is 9.59 Å². The summed E-state index contributed by atoms with van der Waals surface area (Å²) in [4.78, 5) is 32.1. The molecule has 18 heavy (non-hydrogen) atoms. The fourth-order valence-electron chi connectivity index (χ4n) is 1.07. The summed E-state index contributed by atoms with van der Waals surface area (Å²) in [6.45, 7) is 1.89. The molecule has 0 aliphatic carbocycles. The number of carboxylic acids is 2. The second-order valence-corrected chi connectivity index (χ2v) is 3.26. The summed E-state index contributed by atoms with van der Waals surface area (Å²) in [5, 5.41) is 17.0. The second kappa shape index (κ2) is 9.17. The molecule has 0 saturated carbocycles. The standard InChI is InChI=1S/C11H16O7/c1-2-17-5-3-4-8(6-9(12)13)11(16)18-7-10(14)15/h4H,2-3,5-7H2,1H3,(H,12,13)(H,14,15). The molecule has 0 aliphatic heterocycles. The highest BCUT2D eigenvalue weighted by Gasteiger charge is 2.15. The minimum absolute atomic E-state index is 0.0801. The van der Waals surface area contributed by atoms with Gasteiger partial charge in [-0.2, -0.15) is 0 Å². The van der Waals surface area contributed by atoms with Crippen molar-refractivity contribution in [1.82, 2.24) is 0 Å². The average Bonchev–Trinajstić information content (AvgIpc) is 2.29. The van der Waals surface area contributed by atoms with E-state index in [2.05, 4.69) is 4.74 Å². The average molecular weight is 260 g/mol. The Bertz CT molecular complexity index is 332. The van der Waals surface area contributed by atoms with Crippen LogP contribution in [0.15, 0.2) is 11.6 Å². The number of hydrogen-bond acceptors (Lipinski definition) is 5. The summed E-state index contributed by atoms with van der Waals surface area (Å²) >= 11 is 0. The maximum absolute atomic E-state index is 11.4. The predicted molar refractivity (Wildman–Crippen MR) is 60.0 cm³/mol. The lowest BCUT2D eigenvalue weighted by atomic mass is 10.1. The Hall–Kier alpha value is -1.89. The number of hydrogen-bond donors (Lipinski definition) is 2. The molecule has 0 saturated heterocycles. The van der Waals surface area contributed by atoms with Crippen LogP contribution in [0.1, 0.15) is 19.8 Å². The fraction of sp³-hybridized carbons (Fsp3) is 0.545. The van der Waals surface area contributed by atoms with E-state index in [1.54, 1.807) is 0 Å². The van der Waals surface area contributed by atoms with Crippen LogP contribution in [0.25, 0.3) is 0 Å². The van der Waals surface area contributed by atoms with E-state index in [-0.39, 0.29) is 5.57 Å². The quantitative estimate of drug-likeness (QED) is 0.351. The molecule has 0 aromatic heterocycles. The van der Waals surface area contributed by atoms with E-state index in [9.17, 15) is 14.4 Å². The number of carboxylic acid groups (broad SMARTS) is 2. The third-order valence-electron chi connectivity index (χ3n) is 1.79. The molecule has 0 aromatic carbocycles. The van der Waals surface area contributed by atoms with Gasteiger partial charge in [0.2, 0.25) is 0 Å². The van der Waals surface area contributed by atoms with Crippen molar-refractivity contribution in [3.63, 3.8) is 0 Å². The molecule has 102 valence electrons. The van der Waals surface area contributed by atoms with Crippen LogP contribution in [0.3, 0.4) is 0 Å². The van der Waals surface area contributed by atoms with Gasteiger partial charge in [-0.05, 0) is 13.3 Å². The highest BCUT2D eigenvalue weighted by molar-refractivity contribution is 5.94. The third kappa shape index (κ3) is 8.28. The smallest absolute Gasteiger partial charge is 0.341 e. The van der Waals surface area contributed by atoms with Crippen LogP contribution in [-0.2, 0) is 23.9 Å². The molecular weight excluding hydrogens is 244 g/mol. The monoisotopic (exact) mass is 260 g/mol. The summed E-state index contributed by atoms with van der Waals surface area (Å²) in [6, 6.07) is 0. The summed E-state index contributed by atoms with van der Waals surface area (Å²) in [6.07, 6.45) is 1.23. The third-order valence-corrected chi connectivity index (χ3v) is 1.79. The first-order valence-electron chi connectivity index (χ1n) is 5.34. The number of carbonyl (C=O) groups is 3. The zero-order valence-corrected chi connectivity index (χ0v) is 10.0. The largest absolute Gasteiger partial charge is 0.481 e. The van der Waals surface area contributed by atoms with Gasteiger partial charge < -0.3 is 19.7 Å². The van der Waals surface area contributed by atoms with Gasteiger partial charge in [0.05, 0.1) is 13.0 Å². The Balaban J connectivity index is 4.40. The number of ether oxygens (including phenoxy) is 2. The minimum atomic E-state index is -1.30. The van der Waals surface area contributed by atoms with E-state index >= 15 is 0 Å². The van der Waals surface area contributed by atoms with Crippen LogP contribution in [0.4, 0.5) is 0 Å². The van der Waals surface area contributed by atoms with Crippen LogP contribution >= 0.6 is 0 Å². The lowest BCUT2D eigenvalue weighted by molar-refractivity contribution is -0.153. The Kier molecular flexibility index (Phi) is 8.21. The molecule has 0 unspecified atom stereocenters. The van der Waals surface area contributed by atoms with E-state index in [1.807, 2.05) is 6.92 Å². The number of esters is 1. The van der Waals surface area contributed by atoms with Gasteiger partial charge in [-0.15, -0.1) is 0 Å². The molecule has 0 rings (SSSR count). The van der Waals surface area contributed by atoms with E-state index in [0.29, 0.717) is 19.6 Å². The van der Waals surface area contributed by atoms with Gasteiger partial charge in [-0.3, -0.25) is 4.79 Å². The van der Waals surface area contributed by atoms with E-state index in [0.717, 1.165) is 0 Å². The molecule has 0 amide bonds. The Morgan fingerprint density at radius 2 is 1.83 bits per heavy atom. The van der Waals surface area contributed by atoms with Crippen molar-refractivity contribution in [1.29, 1.82) is 0 Å². The van der Waals surface area contributed by atoms with Crippen LogP contribution in [0.5, 0.6) is 0 Å². The fourth-order valence-corrected chi connectivity index (χ4v) is 1.07. The zero-order valence-electron chi connectivity index (χ0n) is 10.0. The topological polar surface area (TPSA) is 110 Å². The van der Waals surface area contributed by atoms with Crippen molar-refractivity contribution < 1.29 is 34.1 Å². The molecule has 0 aromatic rings. The van der Waals surface area contributed by atoms with Crippen LogP contribution in [0, 0.1) is 0 Å². The highest BCUT2D eigenvalue weighted by Crippen LogP contribution is 2.06. The Morgan fingerprint density at radius 1 is 1.17 bits per heavy atom. The molecule has 0 heterocycles. The van der Waals surface area contributed by atoms with Crippen LogP contribution in [-0.4, -0.2) is 47.9 Å². The summed E-state index contributed by atoms with van der Waals surface area (Å²) in [5.74, 6) is -3.42. The van der Waals surface area contributed by atoms with E-state index in [4.69, 9.17) is 14.9 Å². The van der Waals surface area contributed by atoms with Crippen LogP contribution in [0.2, 0.25) is 0 Å². The summed E-state index contributed by atoms with van der Waals surface area (Å²) in [5.41, 5.74) is -0.0801. The van der Waals surface area contributed by atoms with Gasteiger partial charge >= 0.3 is 17.9 Å². The molecule has 7 heteroatoms. The Morgan fingerprint density at radius 3 is 2.33 bits per heavy atom. The van der Waals surface area contributed by atoms with Gasteiger partial charge in [0.25, 0.3) is 0 Å². The maximum atomic E-state index is 11.4. The van der Waals surface area contributed by atoms with Crippen molar-refractivity contribution in [3.8, 4) is 0 Å². The molecule has 0 aliphatic rings. The van der Waals surface area contributed by atoms with Crippen molar-refractivity contribution >= 4 is 17.9 Å². The van der Waals surface area contributed by atoms with E-state index < -0.39 is 30.9 Å². The SMILES string of the molecule is CCOCCC=C(CC(=O)O)C(=O)OCC(=O)O. The van der Waals surface area contributed by atoms with Gasteiger partial charge in [-0.1, -0.05) is 6.08 Å². The first kappa shape index (κ1) is 16.1. The molecule has 0 bridgehead atoms. The van der Waals surface area contributed by atoms with Gasteiger partial charge in [0.15, 0.2) is 6.61 Å². The van der Waals surface area contributed by atoms with Crippen molar-refractivity contribution in [2.24, 2.45) is 0 Å². The first-order chi connectivity index (χ1) is 8.47. The molecular formula is C11H16O7. The minimum Gasteiger partial charge on any atom is -0.481 e. The molecule has 0 atom stereocenters. The number of carbonyl (C=O) groups excluding carboxylic acids is 1. The number of aliphatic carboxylic acids is 2. The van der Waals surface area contributed by atoms with Crippen molar-refractivity contribution in [2.45, 2.75) is 19.8 Å². The molecule has 7 nitrogen and oxygen atoms in total. The van der Waals surface area contributed by atoms with Crippen molar-refractivity contribution in [3.05, 3.63) is 11.6 Å². The number of rotatable bonds is 9. The summed E-state index contributed by atoms with van der Waals surface area (Å²) in [7, 11) is 0. The van der Waals surface area contributed by atoms with Crippen molar-refractivity contribution in [2.75, 3.05) is 19.8 Å². The highest BCUT2D eigenvalue weighted by atomic mass is 16.5. The van der Waals surface area contributed by atoms with Gasteiger partial charge in [0.1, 0.15) is 0 Å².